The summed E-state index contributed by atoms with van der Waals surface area (Å²) in [6.07, 6.45) is 10.8. The number of pyridine rings is 1. The van der Waals surface area contributed by atoms with Crippen LogP contribution in [0.2, 0.25) is 0 Å². The average molecular weight is 289 g/mol. The Morgan fingerprint density at radius 2 is 2.00 bits per heavy atom. The van der Waals surface area contributed by atoms with Gasteiger partial charge in [0.05, 0.1) is 0 Å². The molecule has 1 heterocycles. The van der Waals surface area contributed by atoms with Crippen LogP contribution in [0.5, 0.6) is 0 Å². The molecule has 1 unspecified atom stereocenters. The Labute approximate surface area is 130 Å². The van der Waals surface area contributed by atoms with Crippen LogP contribution >= 0.6 is 0 Å². The van der Waals surface area contributed by atoms with Crippen LogP contribution in [0.3, 0.4) is 0 Å². The maximum atomic E-state index is 4.55. The minimum absolute atomic E-state index is 0.283. The van der Waals surface area contributed by atoms with E-state index in [0.717, 1.165) is 13.0 Å². The molecule has 1 aromatic heterocycles. The number of aromatic nitrogens is 1. The van der Waals surface area contributed by atoms with Gasteiger partial charge in [0.1, 0.15) is 0 Å². The van der Waals surface area contributed by atoms with Crippen molar-refractivity contribution in [1.29, 1.82) is 0 Å². The highest BCUT2D eigenvalue weighted by atomic mass is 15.2. The van der Waals surface area contributed by atoms with Gasteiger partial charge < -0.3 is 10.2 Å². The van der Waals surface area contributed by atoms with E-state index in [1.54, 1.807) is 0 Å². The monoisotopic (exact) mass is 289 g/mol. The summed E-state index contributed by atoms with van der Waals surface area (Å²) in [5.74, 6) is 0. The van der Waals surface area contributed by atoms with Crippen LogP contribution in [0.4, 0.5) is 0 Å². The van der Waals surface area contributed by atoms with Gasteiger partial charge in [-0.2, -0.15) is 0 Å². The van der Waals surface area contributed by atoms with E-state index in [1.807, 2.05) is 12.3 Å². The first-order valence-corrected chi connectivity index (χ1v) is 8.50. The maximum absolute atomic E-state index is 4.55. The van der Waals surface area contributed by atoms with Crippen molar-refractivity contribution in [2.45, 2.75) is 63.5 Å². The van der Waals surface area contributed by atoms with Crippen molar-refractivity contribution in [3.05, 3.63) is 30.1 Å². The van der Waals surface area contributed by atoms with Gasteiger partial charge in [0, 0.05) is 29.9 Å². The Balaban J connectivity index is 2.19. The predicted octanol–water partition coefficient (Wildman–Crippen LogP) is 3.26. The van der Waals surface area contributed by atoms with Crippen LogP contribution < -0.4 is 5.32 Å². The molecule has 21 heavy (non-hydrogen) atoms. The average Bonchev–Trinajstić information content (AvgIpc) is 2.53. The highest BCUT2D eigenvalue weighted by molar-refractivity contribution is 5.10. The summed E-state index contributed by atoms with van der Waals surface area (Å²) >= 11 is 0. The van der Waals surface area contributed by atoms with Crippen molar-refractivity contribution in [3.8, 4) is 0 Å². The minimum Gasteiger partial charge on any atom is -0.312 e. The number of nitrogens with one attached hydrogen (secondary N) is 1. The predicted molar refractivity (Wildman–Crippen MR) is 89.5 cm³/mol. The van der Waals surface area contributed by atoms with Crippen molar-refractivity contribution in [1.82, 2.24) is 15.2 Å². The van der Waals surface area contributed by atoms with Crippen molar-refractivity contribution in [2.75, 3.05) is 20.6 Å². The quantitative estimate of drug-likeness (QED) is 0.835. The lowest BCUT2D eigenvalue weighted by atomic mass is 9.73. The van der Waals surface area contributed by atoms with Gasteiger partial charge in [-0.15, -0.1) is 0 Å². The Hall–Kier alpha value is -0.930. The standard InChI is InChI=1S/C18H31N3/c1-4-13-20-17(15-16-10-6-9-14-19-16)18(21(2)3)11-7-5-8-12-18/h6,9-10,14,17,20H,4-5,7-8,11-13,15H2,1-3H3. The molecule has 1 atom stereocenters. The van der Waals surface area contributed by atoms with Crippen molar-refractivity contribution in [3.63, 3.8) is 0 Å². The van der Waals surface area contributed by atoms with E-state index >= 15 is 0 Å². The van der Waals surface area contributed by atoms with E-state index in [0.29, 0.717) is 6.04 Å². The Kier molecular flexibility index (Phi) is 6.19. The SMILES string of the molecule is CCCNC(Cc1ccccn1)C1(N(C)C)CCCCC1. The third-order valence-electron chi connectivity index (χ3n) is 5.04. The first-order valence-electron chi connectivity index (χ1n) is 8.50. The van der Waals surface area contributed by atoms with Gasteiger partial charge in [-0.1, -0.05) is 32.3 Å². The first-order chi connectivity index (χ1) is 10.2. The molecule has 0 amide bonds. The molecule has 118 valence electrons. The topological polar surface area (TPSA) is 28.2 Å². The Morgan fingerprint density at radius 1 is 1.24 bits per heavy atom. The smallest absolute Gasteiger partial charge is 0.0419 e. The second kappa shape index (κ2) is 7.90. The van der Waals surface area contributed by atoms with E-state index in [9.17, 15) is 0 Å². The largest absolute Gasteiger partial charge is 0.312 e. The molecule has 1 saturated carbocycles. The molecule has 0 aromatic carbocycles. The Bertz CT molecular complexity index is 396. The van der Waals surface area contributed by atoms with Gasteiger partial charge in [0.15, 0.2) is 0 Å². The van der Waals surface area contributed by atoms with E-state index in [4.69, 9.17) is 0 Å². The second-order valence-corrected chi connectivity index (χ2v) is 6.59. The molecule has 1 N–H and O–H groups in total. The van der Waals surface area contributed by atoms with Crippen LogP contribution in [0.1, 0.15) is 51.1 Å². The van der Waals surface area contributed by atoms with Crippen molar-refractivity contribution in [2.24, 2.45) is 0 Å². The molecule has 2 rings (SSSR count). The number of nitrogens with zero attached hydrogens (tertiary/aromatic N) is 2. The number of likely N-dealkylation sites (N-methyl/N-ethyl adjacent to an activating group) is 1. The zero-order valence-corrected chi connectivity index (χ0v) is 13.9. The summed E-state index contributed by atoms with van der Waals surface area (Å²) in [5, 5.41) is 3.83. The van der Waals surface area contributed by atoms with Crippen LogP contribution in [-0.4, -0.2) is 42.1 Å². The van der Waals surface area contributed by atoms with Gasteiger partial charge in [-0.3, -0.25) is 4.98 Å². The van der Waals surface area contributed by atoms with E-state index in [1.165, 1.54) is 44.2 Å². The summed E-state index contributed by atoms with van der Waals surface area (Å²) in [7, 11) is 4.51. The number of rotatable bonds is 7. The van der Waals surface area contributed by atoms with Crippen molar-refractivity contribution >= 4 is 0 Å². The van der Waals surface area contributed by atoms with Gasteiger partial charge in [-0.25, -0.2) is 0 Å². The molecule has 1 aliphatic carbocycles. The fourth-order valence-corrected chi connectivity index (χ4v) is 3.77. The third kappa shape index (κ3) is 4.04. The fourth-order valence-electron chi connectivity index (χ4n) is 3.77. The molecule has 0 aliphatic heterocycles. The van der Waals surface area contributed by atoms with Crippen LogP contribution in [0, 0.1) is 0 Å². The van der Waals surface area contributed by atoms with Crippen LogP contribution in [-0.2, 0) is 6.42 Å². The maximum Gasteiger partial charge on any atom is 0.0419 e. The molecule has 3 nitrogen and oxygen atoms in total. The molecular weight excluding hydrogens is 258 g/mol. The van der Waals surface area contributed by atoms with E-state index in [2.05, 4.69) is 48.4 Å². The normalized spacial score (nSPS) is 19.6. The van der Waals surface area contributed by atoms with Gasteiger partial charge >= 0.3 is 0 Å². The summed E-state index contributed by atoms with van der Waals surface area (Å²) in [4.78, 5) is 7.03. The highest BCUT2D eigenvalue weighted by Crippen LogP contribution is 2.36. The Morgan fingerprint density at radius 3 is 2.57 bits per heavy atom. The molecule has 1 aromatic rings. The molecule has 0 bridgehead atoms. The van der Waals surface area contributed by atoms with E-state index in [-0.39, 0.29) is 5.54 Å². The van der Waals surface area contributed by atoms with Crippen LogP contribution in [0.25, 0.3) is 0 Å². The van der Waals surface area contributed by atoms with Crippen LogP contribution in [0.15, 0.2) is 24.4 Å². The van der Waals surface area contributed by atoms with Gasteiger partial charge in [0.2, 0.25) is 0 Å². The third-order valence-corrected chi connectivity index (χ3v) is 5.04. The zero-order valence-electron chi connectivity index (χ0n) is 13.9. The van der Waals surface area contributed by atoms with Gasteiger partial charge in [0.25, 0.3) is 0 Å². The van der Waals surface area contributed by atoms with E-state index < -0.39 is 0 Å². The molecule has 0 saturated heterocycles. The number of hydrogen-bond donors (Lipinski definition) is 1. The summed E-state index contributed by atoms with van der Waals surface area (Å²) < 4.78 is 0. The van der Waals surface area contributed by atoms with Crippen molar-refractivity contribution < 1.29 is 0 Å². The highest BCUT2D eigenvalue weighted by Gasteiger charge is 2.41. The number of hydrogen-bond acceptors (Lipinski definition) is 3. The fraction of sp³-hybridized carbons (Fsp3) is 0.722. The molecule has 3 heteroatoms. The molecule has 1 fully saturated rings. The molecular formula is C18H31N3. The lowest BCUT2D eigenvalue weighted by Crippen LogP contribution is -2.61. The molecule has 0 spiro atoms. The van der Waals surface area contributed by atoms with Gasteiger partial charge in [-0.05, 0) is 52.0 Å². The summed E-state index contributed by atoms with van der Waals surface area (Å²) in [5.41, 5.74) is 1.49. The first kappa shape index (κ1) is 16.4. The summed E-state index contributed by atoms with van der Waals surface area (Å²) in [6.45, 7) is 3.33. The second-order valence-electron chi connectivity index (χ2n) is 6.59. The summed E-state index contributed by atoms with van der Waals surface area (Å²) in [6, 6.07) is 6.75. The minimum atomic E-state index is 0.283. The molecule has 0 radical (unpaired) electrons. The lowest BCUT2D eigenvalue weighted by Gasteiger charge is -2.49. The lowest BCUT2D eigenvalue weighted by molar-refractivity contribution is 0.0565. The molecule has 1 aliphatic rings. The zero-order chi connectivity index (χ0) is 15.1.